The molecule has 0 spiro atoms. The zero-order chi connectivity index (χ0) is 16.3. The second-order valence-electron chi connectivity index (χ2n) is 6.66. The van der Waals surface area contributed by atoms with Crippen LogP contribution in [0.15, 0.2) is 30.6 Å². The zero-order valence-corrected chi connectivity index (χ0v) is 14.0. The fraction of sp³-hybridized carbons (Fsp3) is 0.444. The van der Waals surface area contributed by atoms with E-state index in [0.717, 1.165) is 12.2 Å². The van der Waals surface area contributed by atoms with E-state index in [1.54, 1.807) is 6.20 Å². The van der Waals surface area contributed by atoms with Crippen molar-refractivity contribution in [1.82, 2.24) is 9.55 Å². The number of esters is 1. The molecule has 0 N–H and O–H groups in total. The predicted molar refractivity (Wildman–Crippen MR) is 86.5 cm³/mol. The largest absolute Gasteiger partial charge is 0.443 e. The summed E-state index contributed by atoms with van der Waals surface area (Å²) >= 11 is 0. The molecule has 0 amide bonds. The second-order valence-corrected chi connectivity index (χ2v) is 6.66. The van der Waals surface area contributed by atoms with Crippen molar-refractivity contribution in [2.75, 3.05) is 0 Å². The summed E-state index contributed by atoms with van der Waals surface area (Å²) in [6, 6.07) is 6.28. The topological polar surface area (TPSA) is 44.1 Å². The molecule has 0 aliphatic carbocycles. The van der Waals surface area contributed by atoms with Gasteiger partial charge in [-0.3, -0.25) is 4.79 Å². The predicted octanol–water partition coefficient (Wildman–Crippen LogP) is 3.64. The fourth-order valence-corrected chi connectivity index (χ4v) is 2.14. The molecule has 0 fully saturated rings. The van der Waals surface area contributed by atoms with Crippen LogP contribution in [0, 0.1) is 19.3 Å². The minimum atomic E-state index is -0.492. The minimum Gasteiger partial charge on any atom is -0.443 e. The molecule has 22 heavy (non-hydrogen) atoms. The normalized spacial score (nSPS) is 11.5. The number of carbonyl (C=O) groups excluding carboxylic acids is 1. The van der Waals surface area contributed by atoms with E-state index in [1.165, 1.54) is 16.7 Å². The molecule has 0 radical (unpaired) electrons. The lowest BCUT2D eigenvalue weighted by Gasteiger charge is -2.17. The standard InChI is InChI=1S/C18H24N2O2/c1-13-7-6-8-15(14(13)2)11-16-19-9-10-20(16)12-22-17(21)18(3,4)5/h6-10H,11-12H2,1-5H3. The van der Waals surface area contributed by atoms with Gasteiger partial charge in [-0.25, -0.2) is 4.98 Å². The Bertz CT molecular complexity index is 666. The van der Waals surface area contributed by atoms with Crippen molar-refractivity contribution < 1.29 is 9.53 Å². The van der Waals surface area contributed by atoms with Gasteiger partial charge in [0.1, 0.15) is 5.82 Å². The monoisotopic (exact) mass is 300 g/mol. The number of aryl methyl sites for hydroxylation is 1. The number of nitrogens with zero attached hydrogens (tertiary/aromatic N) is 2. The SMILES string of the molecule is Cc1cccc(Cc2nccn2COC(=O)C(C)(C)C)c1C. The van der Waals surface area contributed by atoms with Gasteiger partial charge in [-0.15, -0.1) is 0 Å². The van der Waals surface area contributed by atoms with Gasteiger partial charge < -0.3 is 9.30 Å². The van der Waals surface area contributed by atoms with Gasteiger partial charge in [0, 0.05) is 18.8 Å². The van der Waals surface area contributed by atoms with E-state index in [-0.39, 0.29) is 12.7 Å². The van der Waals surface area contributed by atoms with E-state index in [9.17, 15) is 4.79 Å². The fourth-order valence-electron chi connectivity index (χ4n) is 2.14. The molecule has 1 heterocycles. The van der Waals surface area contributed by atoms with Crippen molar-refractivity contribution in [2.24, 2.45) is 5.41 Å². The molecule has 0 aliphatic rings. The summed E-state index contributed by atoms with van der Waals surface area (Å²) < 4.78 is 7.25. The third-order valence-corrected chi connectivity index (χ3v) is 3.81. The summed E-state index contributed by atoms with van der Waals surface area (Å²) in [7, 11) is 0. The van der Waals surface area contributed by atoms with Crippen molar-refractivity contribution in [3.8, 4) is 0 Å². The average molecular weight is 300 g/mol. The maximum absolute atomic E-state index is 11.9. The third-order valence-electron chi connectivity index (χ3n) is 3.81. The van der Waals surface area contributed by atoms with Crippen LogP contribution in [-0.4, -0.2) is 15.5 Å². The molecule has 4 nitrogen and oxygen atoms in total. The summed E-state index contributed by atoms with van der Waals surface area (Å²) in [6.07, 6.45) is 4.31. The molecule has 0 saturated heterocycles. The summed E-state index contributed by atoms with van der Waals surface area (Å²) in [4.78, 5) is 16.3. The lowest BCUT2D eigenvalue weighted by molar-refractivity contribution is -0.157. The number of rotatable bonds is 4. The highest BCUT2D eigenvalue weighted by Gasteiger charge is 2.23. The quantitative estimate of drug-likeness (QED) is 0.810. The van der Waals surface area contributed by atoms with Gasteiger partial charge in [-0.1, -0.05) is 18.2 Å². The molecule has 0 aliphatic heterocycles. The lowest BCUT2D eigenvalue weighted by Crippen LogP contribution is -2.24. The van der Waals surface area contributed by atoms with E-state index in [2.05, 4.69) is 37.0 Å². The maximum atomic E-state index is 11.9. The van der Waals surface area contributed by atoms with Gasteiger partial charge in [-0.05, 0) is 51.3 Å². The van der Waals surface area contributed by atoms with Gasteiger partial charge in [-0.2, -0.15) is 0 Å². The van der Waals surface area contributed by atoms with Crippen LogP contribution in [0.3, 0.4) is 0 Å². The van der Waals surface area contributed by atoms with Crippen LogP contribution in [0.2, 0.25) is 0 Å². The molecule has 2 rings (SSSR count). The molecule has 2 aromatic rings. The first-order valence-corrected chi connectivity index (χ1v) is 7.51. The first-order chi connectivity index (χ1) is 10.3. The Morgan fingerprint density at radius 1 is 1.27 bits per heavy atom. The van der Waals surface area contributed by atoms with Crippen LogP contribution in [0.25, 0.3) is 0 Å². The number of ether oxygens (including phenoxy) is 1. The van der Waals surface area contributed by atoms with Gasteiger partial charge >= 0.3 is 5.97 Å². The Labute approximate surface area is 132 Å². The number of hydrogen-bond donors (Lipinski definition) is 0. The number of benzene rings is 1. The summed E-state index contributed by atoms with van der Waals surface area (Å²) in [5.74, 6) is 0.689. The zero-order valence-electron chi connectivity index (χ0n) is 14.0. The van der Waals surface area contributed by atoms with E-state index in [0.29, 0.717) is 0 Å². The van der Waals surface area contributed by atoms with Gasteiger partial charge in [0.05, 0.1) is 5.41 Å². The molecule has 118 valence electrons. The van der Waals surface area contributed by atoms with Crippen LogP contribution in [0.4, 0.5) is 0 Å². The van der Waals surface area contributed by atoms with Crippen molar-refractivity contribution in [3.05, 3.63) is 53.1 Å². The highest BCUT2D eigenvalue weighted by atomic mass is 16.5. The summed E-state index contributed by atoms with van der Waals surface area (Å²) in [6.45, 7) is 9.98. The first kappa shape index (κ1) is 16.3. The highest BCUT2D eigenvalue weighted by Crippen LogP contribution is 2.18. The number of hydrogen-bond acceptors (Lipinski definition) is 3. The molecule has 0 unspecified atom stereocenters. The van der Waals surface area contributed by atoms with Crippen LogP contribution in [0.1, 0.15) is 43.3 Å². The Hall–Kier alpha value is -2.10. The van der Waals surface area contributed by atoms with Crippen LogP contribution in [-0.2, 0) is 22.7 Å². The van der Waals surface area contributed by atoms with E-state index in [1.807, 2.05) is 31.5 Å². The van der Waals surface area contributed by atoms with Crippen LogP contribution in [0.5, 0.6) is 0 Å². The third kappa shape index (κ3) is 3.75. The van der Waals surface area contributed by atoms with Crippen molar-refractivity contribution >= 4 is 5.97 Å². The van der Waals surface area contributed by atoms with Crippen LogP contribution >= 0.6 is 0 Å². The Morgan fingerprint density at radius 3 is 2.68 bits per heavy atom. The molecule has 0 bridgehead atoms. The molecule has 1 aromatic heterocycles. The Balaban J connectivity index is 2.10. The lowest BCUT2D eigenvalue weighted by atomic mass is 9.98. The van der Waals surface area contributed by atoms with Gasteiger partial charge in [0.15, 0.2) is 6.73 Å². The van der Waals surface area contributed by atoms with E-state index < -0.39 is 5.41 Å². The molecule has 4 heteroatoms. The summed E-state index contributed by atoms with van der Waals surface area (Å²) in [5, 5.41) is 0. The minimum absolute atomic E-state index is 0.205. The van der Waals surface area contributed by atoms with Crippen molar-refractivity contribution in [1.29, 1.82) is 0 Å². The average Bonchev–Trinajstić information content (AvgIpc) is 2.87. The number of carbonyl (C=O) groups is 1. The Kier molecular flexibility index (Phi) is 4.69. The molecule has 1 aromatic carbocycles. The molecular formula is C18H24N2O2. The first-order valence-electron chi connectivity index (χ1n) is 7.51. The van der Waals surface area contributed by atoms with Crippen molar-refractivity contribution in [3.63, 3.8) is 0 Å². The molecular weight excluding hydrogens is 276 g/mol. The summed E-state index contributed by atoms with van der Waals surface area (Å²) in [5.41, 5.74) is 3.31. The molecule has 0 atom stereocenters. The smallest absolute Gasteiger partial charge is 0.312 e. The van der Waals surface area contributed by atoms with E-state index >= 15 is 0 Å². The molecule has 0 saturated carbocycles. The van der Waals surface area contributed by atoms with Crippen molar-refractivity contribution in [2.45, 2.75) is 47.8 Å². The highest BCUT2D eigenvalue weighted by molar-refractivity contribution is 5.75. The van der Waals surface area contributed by atoms with E-state index in [4.69, 9.17) is 4.74 Å². The van der Waals surface area contributed by atoms with Crippen LogP contribution < -0.4 is 0 Å². The van der Waals surface area contributed by atoms with Gasteiger partial charge in [0.25, 0.3) is 0 Å². The number of imidazole rings is 1. The Morgan fingerprint density at radius 2 is 2.00 bits per heavy atom. The second kappa shape index (κ2) is 6.34. The van der Waals surface area contributed by atoms with Gasteiger partial charge in [0.2, 0.25) is 0 Å². The number of aromatic nitrogens is 2. The maximum Gasteiger partial charge on any atom is 0.312 e.